The van der Waals surface area contributed by atoms with Crippen LogP contribution in [0.4, 0.5) is 0 Å². The summed E-state index contributed by atoms with van der Waals surface area (Å²) in [5, 5.41) is 4.82. The molecule has 0 atom stereocenters. The maximum atomic E-state index is 11.6. The lowest BCUT2D eigenvalue weighted by Crippen LogP contribution is -2.51. The Morgan fingerprint density at radius 2 is 1.71 bits per heavy atom. The fourth-order valence-corrected chi connectivity index (χ4v) is 2.08. The Morgan fingerprint density at radius 1 is 1.12 bits per heavy atom. The summed E-state index contributed by atoms with van der Waals surface area (Å²) in [6.07, 6.45) is 1.55. The average Bonchev–Trinajstić information content (AvgIpc) is 2.25. The summed E-state index contributed by atoms with van der Waals surface area (Å²) < 4.78 is 0.964. The van der Waals surface area contributed by atoms with E-state index in [9.17, 15) is 9.59 Å². The second kappa shape index (κ2) is 4.92. The molecular formula is C11H7IN2O2S. The van der Waals surface area contributed by atoms with E-state index < -0.39 is 11.8 Å². The Hall–Kier alpha value is -1.28. The van der Waals surface area contributed by atoms with Crippen molar-refractivity contribution in [2.24, 2.45) is 0 Å². The molecule has 4 nitrogen and oxygen atoms in total. The van der Waals surface area contributed by atoms with Gasteiger partial charge in [-0.2, -0.15) is 0 Å². The van der Waals surface area contributed by atoms with Crippen LogP contribution in [0.1, 0.15) is 5.56 Å². The van der Waals surface area contributed by atoms with Crippen molar-refractivity contribution in [2.45, 2.75) is 0 Å². The predicted octanol–water partition coefficient (Wildman–Crippen LogP) is 1.21. The van der Waals surface area contributed by atoms with Gasteiger partial charge in [-0.3, -0.25) is 20.2 Å². The normalized spacial score (nSPS) is 15.4. The molecule has 1 saturated heterocycles. The van der Waals surface area contributed by atoms with Crippen LogP contribution in [-0.4, -0.2) is 16.9 Å². The Morgan fingerprint density at radius 3 is 2.29 bits per heavy atom. The molecular weight excluding hydrogens is 351 g/mol. The standard InChI is InChI=1S/C11H7IN2O2S/c12-8-4-2-1-3-6(8)5-7-9(15)13-11(17)14-10(7)16/h1-5H,(H2,13,14,15,16,17). The summed E-state index contributed by atoms with van der Waals surface area (Å²) in [6, 6.07) is 7.47. The maximum absolute atomic E-state index is 11.6. The van der Waals surface area contributed by atoms with E-state index in [0.717, 1.165) is 9.13 Å². The molecule has 0 bridgehead atoms. The molecule has 2 rings (SSSR count). The summed E-state index contributed by atoms with van der Waals surface area (Å²) in [4.78, 5) is 23.2. The number of rotatable bonds is 1. The van der Waals surface area contributed by atoms with Crippen LogP contribution in [0.5, 0.6) is 0 Å². The molecule has 0 saturated carbocycles. The highest BCUT2D eigenvalue weighted by atomic mass is 127. The van der Waals surface area contributed by atoms with Crippen molar-refractivity contribution in [1.29, 1.82) is 0 Å². The van der Waals surface area contributed by atoms with Crippen LogP contribution in [0.3, 0.4) is 0 Å². The molecule has 1 aromatic carbocycles. The molecule has 6 heteroatoms. The van der Waals surface area contributed by atoms with Gasteiger partial charge < -0.3 is 0 Å². The molecule has 0 aliphatic carbocycles. The third-order valence-electron chi connectivity index (χ3n) is 2.15. The molecule has 0 spiro atoms. The quantitative estimate of drug-likeness (QED) is 0.343. The van der Waals surface area contributed by atoms with E-state index >= 15 is 0 Å². The number of carbonyl (C=O) groups is 2. The number of hydrogen-bond donors (Lipinski definition) is 2. The van der Waals surface area contributed by atoms with Crippen LogP contribution < -0.4 is 10.6 Å². The highest BCUT2D eigenvalue weighted by molar-refractivity contribution is 14.1. The third kappa shape index (κ3) is 2.70. The first-order valence-electron chi connectivity index (χ1n) is 4.71. The monoisotopic (exact) mass is 358 g/mol. The largest absolute Gasteiger partial charge is 0.299 e. The lowest BCUT2D eigenvalue weighted by atomic mass is 10.1. The van der Waals surface area contributed by atoms with Gasteiger partial charge in [0.1, 0.15) is 5.57 Å². The number of hydrogen-bond acceptors (Lipinski definition) is 3. The maximum Gasteiger partial charge on any atom is 0.263 e. The van der Waals surface area contributed by atoms with Crippen LogP contribution in [0.25, 0.3) is 6.08 Å². The Bertz CT molecular complexity index is 532. The third-order valence-corrected chi connectivity index (χ3v) is 3.33. The van der Waals surface area contributed by atoms with Crippen LogP contribution >= 0.6 is 34.8 Å². The Kier molecular flexibility index (Phi) is 3.53. The molecule has 1 fully saturated rings. The average molecular weight is 358 g/mol. The summed E-state index contributed by atoms with van der Waals surface area (Å²) in [6.45, 7) is 0. The second-order valence-corrected chi connectivity index (χ2v) is 4.89. The highest BCUT2D eigenvalue weighted by Crippen LogP contribution is 2.16. The number of carbonyl (C=O) groups excluding carboxylic acids is 2. The van der Waals surface area contributed by atoms with Crippen molar-refractivity contribution in [3.63, 3.8) is 0 Å². The van der Waals surface area contributed by atoms with Gasteiger partial charge in [0.2, 0.25) is 0 Å². The van der Waals surface area contributed by atoms with Gasteiger partial charge in [-0.05, 0) is 52.5 Å². The lowest BCUT2D eigenvalue weighted by molar-refractivity contribution is -0.123. The molecule has 86 valence electrons. The second-order valence-electron chi connectivity index (χ2n) is 3.32. The summed E-state index contributed by atoms with van der Waals surface area (Å²) in [7, 11) is 0. The van der Waals surface area contributed by atoms with Crippen molar-refractivity contribution in [2.75, 3.05) is 0 Å². The van der Waals surface area contributed by atoms with Gasteiger partial charge in [0.25, 0.3) is 11.8 Å². The van der Waals surface area contributed by atoms with Crippen LogP contribution in [0, 0.1) is 3.57 Å². The van der Waals surface area contributed by atoms with Gasteiger partial charge in [-0.25, -0.2) is 0 Å². The van der Waals surface area contributed by atoms with Gasteiger partial charge in [0.15, 0.2) is 5.11 Å². The number of benzene rings is 1. The van der Waals surface area contributed by atoms with E-state index in [-0.39, 0.29) is 10.7 Å². The Balaban J connectivity index is 2.40. The number of nitrogens with one attached hydrogen (secondary N) is 2. The molecule has 1 aliphatic heterocycles. The minimum atomic E-state index is -0.474. The van der Waals surface area contributed by atoms with Gasteiger partial charge in [-0.15, -0.1) is 0 Å². The zero-order valence-corrected chi connectivity index (χ0v) is 11.5. The highest BCUT2D eigenvalue weighted by Gasteiger charge is 2.25. The van der Waals surface area contributed by atoms with E-state index in [2.05, 4.69) is 33.2 Å². The minimum Gasteiger partial charge on any atom is -0.299 e. The first-order valence-corrected chi connectivity index (χ1v) is 6.19. The zero-order chi connectivity index (χ0) is 12.4. The van der Waals surface area contributed by atoms with Crippen molar-refractivity contribution in [3.05, 3.63) is 39.0 Å². The van der Waals surface area contributed by atoms with Crippen LogP contribution in [-0.2, 0) is 9.59 Å². The summed E-state index contributed by atoms with van der Waals surface area (Å²) >= 11 is 6.85. The first-order chi connectivity index (χ1) is 8.08. The molecule has 2 amide bonds. The number of thiocarbonyl (C=S) groups is 1. The number of halogens is 1. The molecule has 0 radical (unpaired) electrons. The van der Waals surface area contributed by atoms with E-state index in [1.807, 2.05) is 24.3 Å². The topological polar surface area (TPSA) is 58.2 Å². The van der Waals surface area contributed by atoms with Crippen LogP contribution in [0.15, 0.2) is 29.8 Å². The van der Waals surface area contributed by atoms with Gasteiger partial charge in [0.05, 0.1) is 0 Å². The molecule has 1 aliphatic rings. The predicted molar refractivity (Wildman–Crippen MR) is 76.0 cm³/mol. The fourth-order valence-electron chi connectivity index (χ4n) is 1.35. The number of amides is 2. The van der Waals surface area contributed by atoms with E-state index in [1.54, 1.807) is 6.08 Å². The summed E-state index contributed by atoms with van der Waals surface area (Å²) in [5.74, 6) is -0.947. The molecule has 0 aromatic heterocycles. The van der Waals surface area contributed by atoms with E-state index in [4.69, 9.17) is 12.2 Å². The van der Waals surface area contributed by atoms with Crippen LogP contribution in [0.2, 0.25) is 0 Å². The van der Waals surface area contributed by atoms with Crippen molar-refractivity contribution in [3.8, 4) is 0 Å². The lowest BCUT2D eigenvalue weighted by Gasteiger charge is -2.16. The zero-order valence-electron chi connectivity index (χ0n) is 8.49. The molecule has 2 N–H and O–H groups in total. The Labute approximate surface area is 117 Å². The van der Waals surface area contributed by atoms with E-state index in [0.29, 0.717) is 0 Å². The van der Waals surface area contributed by atoms with Crippen molar-refractivity contribution in [1.82, 2.24) is 10.6 Å². The van der Waals surface area contributed by atoms with E-state index in [1.165, 1.54) is 0 Å². The molecule has 17 heavy (non-hydrogen) atoms. The minimum absolute atomic E-state index is 0.0416. The van der Waals surface area contributed by atoms with Gasteiger partial charge >= 0.3 is 0 Å². The summed E-state index contributed by atoms with van der Waals surface area (Å²) in [5.41, 5.74) is 0.879. The van der Waals surface area contributed by atoms with Gasteiger partial charge in [-0.1, -0.05) is 18.2 Å². The SMILES string of the molecule is O=C1NC(=S)NC(=O)C1=Cc1ccccc1I. The van der Waals surface area contributed by atoms with Gasteiger partial charge in [0, 0.05) is 3.57 Å². The smallest absolute Gasteiger partial charge is 0.263 e. The van der Waals surface area contributed by atoms with Crippen molar-refractivity contribution < 1.29 is 9.59 Å². The molecule has 1 heterocycles. The molecule has 1 aromatic rings. The first kappa shape index (κ1) is 12.2. The van der Waals surface area contributed by atoms with Crippen molar-refractivity contribution >= 4 is 57.8 Å². The fraction of sp³-hybridized carbons (Fsp3) is 0. The molecule has 0 unspecified atom stereocenters.